The van der Waals surface area contributed by atoms with Crippen LogP contribution in [0.5, 0.6) is 0 Å². The van der Waals surface area contributed by atoms with Gasteiger partial charge in [-0.05, 0) is 51.0 Å². The third kappa shape index (κ3) is 5.54. The van der Waals surface area contributed by atoms with Gasteiger partial charge in [-0.25, -0.2) is 5.84 Å². The van der Waals surface area contributed by atoms with Crippen LogP contribution in [0.1, 0.15) is 41.6 Å². The number of nitrogens with zero attached hydrogens (tertiary/aromatic N) is 3. The first-order chi connectivity index (χ1) is 16.3. The number of amides is 3. The van der Waals surface area contributed by atoms with Gasteiger partial charge in [0, 0.05) is 32.3 Å². The predicted molar refractivity (Wildman–Crippen MR) is 127 cm³/mol. The molecule has 1 aromatic carbocycles. The summed E-state index contributed by atoms with van der Waals surface area (Å²) in [6, 6.07) is 4.41. The number of carbonyl (C=O) groups is 4. The molecule has 34 heavy (non-hydrogen) atoms. The summed E-state index contributed by atoms with van der Waals surface area (Å²) in [7, 11) is 3.53. The Morgan fingerprint density at radius 2 is 2.00 bits per heavy atom. The zero-order chi connectivity index (χ0) is 24.8. The fourth-order valence-electron chi connectivity index (χ4n) is 4.37. The van der Waals surface area contributed by atoms with Gasteiger partial charge in [0.25, 0.3) is 11.8 Å². The van der Waals surface area contributed by atoms with Gasteiger partial charge in [-0.2, -0.15) is 0 Å². The number of nitrogens with one attached hydrogen (secondary N) is 2. The van der Waals surface area contributed by atoms with E-state index in [1.807, 2.05) is 0 Å². The van der Waals surface area contributed by atoms with Crippen molar-refractivity contribution >= 4 is 29.7 Å². The van der Waals surface area contributed by atoms with Gasteiger partial charge in [-0.15, -0.1) is 0 Å². The summed E-state index contributed by atoms with van der Waals surface area (Å²) in [5.41, 5.74) is 7.22. The Morgan fingerprint density at radius 1 is 1.29 bits per heavy atom. The standard InChI is InChI=1S/C23H33N7O4/c1-26-22(33)19(7-4-12-31)29-13-15-5-3-6-18(20(15)23(29)34)27-21(32)17(24)14-30(25)16-8-10-28(2)11-9-16/h3,5-6,12,14,16,19H,4,7-11,13,24-25H2,1-2H3,(H,26,33)(H,27,32)/b17-14-. The van der Waals surface area contributed by atoms with Crippen molar-refractivity contribution in [2.75, 3.05) is 32.5 Å². The lowest BCUT2D eigenvalue weighted by atomic mass is 10.1. The Morgan fingerprint density at radius 3 is 2.65 bits per heavy atom. The molecule has 2 aliphatic heterocycles. The van der Waals surface area contributed by atoms with Crippen LogP contribution < -0.4 is 22.2 Å². The maximum Gasteiger partial charge on any atom is 0.273 e. The number of fused-ring (bicyclic) bond motifs is 1. The number of likely N-dealkylation sites (N-methyl/N-ethyl adjacent to an activating group) is 1. The largest absolute Gasteiger partial charge is 0.393 e. The van der Waals surface area contributed by atoms with Crippen molar-refractivity contribution < 1.29 is 19.2 Å². The van der Waals surface area contributed by atoms with Crippen LogP contribution in [-0.4, -0.2) is 78.1 Å². The second kappa shape index (κ2) is 11.1. The fraction of sp³-hybridized carbons (Fsp3) is 0.478. The van der Waals surface area contributed by atoms with Crippen LogP contribution in [0.3, 0.4) is 0 Å². The molecule has 2 aliphatic rings. The van der Waals surface area contributed by atoms with Gasteiger partial charge in [0.2, 0.25) is 5.91 Å². The van der Waals surface area contributed by atoms with Crippen molar-refractivity contribution in [3.8, 4) is 0 Å². The summed E-state index contributed by atoms with van der Waals surface area (Å²) in [6.07, 6.45) is 4.23. The molecule has 184 valence electrons. The second-order valence-electron chi connectivity index (χ2n) is 8.67. The summed E-state index contributed by atoms with van der Waals surface area (Å²) in [5, 5.41) is 6.73. The van der Waals surface area contributed by atoms with E-state index in [9.17, 15) is 19.2 Å². The molecular weight excluding hydrogens is 438 g/mol. The SMILES string of the molecule is CNC(=O)C(CCC=O)N1Cc2cccc(NC(=O)/C(N)=C/N(N)C3CCN(C)CC3)c2C1=O. The molecule has 1 unspecified atom stereocenters. The number of hydrogen-bond donors (Lipinski definition) is 4. The number of benzene rings is 1. The molecular formula is C23H33N7O4. The van der Waals surface area contributed by atoms with Crippen molar-refractivity contribution in [3.05, 3.63) is 41.2 Å². The first-order valence-corrected chi connectivity index (χ1v) is 11.3. The van der Waals surface area contributed by atoms with Crippen LogP contribution >= 0.6 is 0 Å². The van der Waals surface area contributed by atoms with Crippen LogP contribution in [0.2, 0.25) is 0 Å². The molecule has 0 aromatic heterocycles. The summed E-state index contributed by atoms with van der Waals surface area (Å²) in [4.78, 5) is 52.9. The van der Waals surface area contributed by atoms with E-state index in [2.05, 4.69) is 22.6 Å². The quantitative estimate of drug-likeness (QED) is 0.166. The van der Waals surface area contributed by atoms with Crippen LogP contribution in [0, 0.1) is 0 Å². The lowest BCUT2D eigenvalue weighted by Gasteiger charge is -2.34. The maximum absolute atomic E-state index is 13.2. The lowest BCUT2D eigenvalue weighted by Crippen LogP contribution is -2.46. The lowest BCUT2D eigenvalue weighted by molar-refractivity contribution is -0.125. The van der Waals surface area contributed by atoms with Gasteiger partial charge in [-0.3, -0.25) is 14.4 Å². The Bertz CT molecular complexity index is 972. The van der Waals surface area contributed by atoms with Crippen LogP contribution in [0.4, 0.5) is 5.69 Å². The molecule has 6 N–H and O–H groups in total. The predicted octanol–water partition coefficient (Wildman–Crippen LogP) is -0.255. The van der Waals surface area contributed by atoms with Gasteiger partial charge in [-0.1, -0.05) is 12.1 Å². The smallest absolute Gasteiger partial charge is 0.273 e. The number of carbonyl (C=O) groups excluding carboxylic acids is 4. The van der Waals surface area contributed by atoms with Gasteiger partial charge in [0.15, 0.2) is 0 Å². The van der Waals surface area contributed by atoms with Crippen LogP contribution in [-0.2, 0) is 20.9 Å². The number of hydrazine groups is 1. The summed E-state index contributed by atoms with van der Waals surface area (Å²) in [6.45, 7) is 2.03. The highest BCUT2D eigenvalue weighted by Crippen LogP contribution is 2.31. The highest BCUT2D eigenvalue weighted by atomic mass is 16.2. The second-order valence-corrected chi connectivity index (χ2v) is 8.67. The van der Waals surface area contributed by atoms with E-state index in [1.54, 1.807) is 18.2 Å². The topological polar surface area (TPSA) is 154 Å². The summed E-state index contributed by atoms with van der Waals surface area (Å²) < 4.78 is 0. The number of hydrogen-bond acceptors (Lipinski definition) is 8. The van der Waals surface area contributed by atoms with Crippen molar-refractivity contribution in [2.45, 2.75) is 44.3 Å². The number of nitrogens with two attached hydrogens (primary N) is 2. The number of rotatable bonds is 9. The van der Waals surface area contributed by atoms with Gasteiger partial charge >= 0.3 is 0 Å². The summed E-state index contributed by atoms with van der Waals surface area (Å²) in [5.74, 6) is 4.81. The van der Waals surface area contributed by atoms with E-state index in [0.29, 0.717) is 16.8 Å². The molecule has 2 heterocycles. The molecule has 11 heteroatoms. The summed E-state index contributed by atoms with van der Waals surface area (Å²) >= 11 is 0. The molecule has 3 amide bonds. The third-order valence-corrected chi connectivity index (χ3v) is 6.36. The highest BCUT2D eigenvalue weighted by molar-refractivity contribution is 6.10. The number of aldehydes is 1. The normalized spacial score (nSPS) is 17.8. The molecule has 1 atom stereocenters. The van der Waals surface area contributed by atoms with Crippen molar-refractivity contribution in [2.24, 2.45) is 11.6 Å². The van der Waals surface area contributed by atoms with Gasteiger partial charge in [0.1, 0.15) is 18.0 Å². The molecule has 0 spiro atoms. The maximum atomic E-state index is 13.2. The Labute approximate surface area is 199 Å². The average molecular weight is 472 g/mol. The Hall–Kier alpha value is -3.44. The molecule has 0 bridgehead atoms. The molecule has 1 fully saturated rings. The van der Waals surface area contributed by atoms with E-state index in [4.69, 9.17) is 11.6 Å². The van der Waals surface area contributed by atoms with Crippen LogP contribution in [0.15, 0.2) is 30.1 Å². The van der Waals surface area contributed by atoms with Crippen molar-refractivity contribution in [1.29, 1.82) is 0 Å². The first kappa shape index (κ1) is 25.2. The molecule has 11 nitrogen and oxygen atoms in total. The minimum absolute atomic E-state index is 0.0736. The minimum Gasteiger partial charge on any atom is -0.393 e. The van der Waals surface area contributed by atoms with E-state index in [-0.39, 0.29) is 42.9 Å². The Balaban J connectivity index is 1.74. The molecule has 1 aromatic rings. The zero-order valence-corrected chi connectivity index (χ0v) is 19.6. The number of likely N-dealkylation sites (tertiary alicyclic amines) is 1. The minimum atomic E-state index is -0.788. The monoisotopic (exact) mass is 471 g/mol. The van der Waals surface area contributed by atoms with Gasteiger partial charge < -0.3 is 36.0 Å². The van der Waals surface area contributed by atoms with E-state index >= 15 is 0 Å². The van der Waals surface area contributed by atoms with E-state index in [0.717, 1.165) is 32.2 Å². The fourth-order valence-corrected chi connectivity index (χ4v) is 4.37. The average Bonchev–Trinajstić information content (AvgIpc) is 3.16. The van der Waals surface area contributed by atoms with Gasteiger partial charge in [0.05, 0.1) is 11.3 Å². The van der Waals surface area contributed by atoms with Crippen LogP contribution in [0.25, 0.3) is 0 Å². The number of piperidine rings is 1. The molecule has 0 saturated carbocycles. The molecule has 0 radical (unpaired) electrons. The highest BCUT2D eigenvalue weighted by Gasteiger charge is 2.37. The van der Waals surface area contributed by atoms with E-state index < -0.39 is 11.9 Å². The van der Waals surface area contributed by atoms with Crippen molar-refractivity contribution in [1.82, 2.24) is 20.1 Å². The number of anilines is 1. The Kier molecular flexibility index (Phi) is 8.24. The van der Waals surface area contributed by atoms with E-state index in [1.165, 1.54) is 23.2 Å². The molecule has 1 saturated heterocycles. The third-order valence-electron chi connectivity index (χ3n) is 6.36. The van der Waals surface area contributed by atoms with Crippen molar-refractivity contribution in [3.63, 3.8) is 0 Å². The molecule has 3 rings (SSSR count). The first-order valence-electron chi connectivity index (χ1n) is 11.3. The zero-order valence-electron chi connectivity index (χ0n) is 19.6. The molecule has 0 aliphatic carbocycles.